The lowest BCUT2D eigenvalue weighted by Gasteiger charge is -2.30. The molecule has 5 heteroatoms. The van der Waals surface area contributed by atoms with Crippen LogP contribution in [0.1, 0.15) is 57.6 Å². The Labute approximate surface area is 155 Å². The van der Waals surface area contributed by atoms with Crippen molar-refractivity contribution in [1.82, 2.24) is 10.6 Å². The van der Waals surface area contributed by atoms with Crippen LogP contribution in [0.3, 0.4) is 0 Å². The van der Waals surface area contributed by atoms with Crippen LogP contribution in [0.15, 0.2) is 29.3 Å². The Bertz CT molecular complexity index is 588. The van der Waals surface area contributed by atoms with Crippen molar-refractivity contribution in [3.05, 3.63) is 35.4 Å². The Morgan fingerprint density at radius 2 is 1.96 bits per heavy atom. The molecule has 1 aliphatic rings. The van der Waals surface area contributed by atoms with Gasteiger partial charge in [-0.15, -0.1) is 0 Å². The Morgan fingerprint density at radius 3 is 2.64 bits per heavy atom. The van der Waals surface area contributed by atoms with E-state index in [9.17, 15) is 4.21 Å². The highest BCUT2D eigenvalue weighted by molar-refractivity contribution is 7.85. The van der Waals surface area contributed by atoms with Crippen LogP contribution in [0.2, 0.25) is 0 Å². The van der Waals surface area contributed by atoms with Gasteiger partial charge in [0.15, 0.2) is 5.96 Å². The van der Waals surface area contributed by atoms with Gasteiger partial charge >= 0.3 is 0 Å². The topological polar surface area (TPSA) is 53.5 Å². The zero-order chi connectivity index (χ0) is 18.1. The van der Waals surface area contributed by atoms with Crippen LogP contribution in [0.4, 0.5) is 0 Å². The van der Waals surface area contributed by atoms with Gasteiger partial charge in [-0.1, -0.05) is 44.5 Å². The molecule has 2 N–H and O–H groups in total. The number of nitrogens with one attached hydrogen (secondary N) is 2. The number of aryl methyl sites for hydroxylation is 1. The van der Waals surface area contributed by atoms with E-state index in [2.05, 4.69) is 48.7 Å². The molecular formula is C20H33N3OS. The Hall–Kier alpha value is -1.36. The van der Waals surface area contributed by atoms with Gasteiger partial charge in [-0.2, -0.15) is 0 Å². The van der Waals surface area contributed by atoms with Crippen molar-refractivity contribution in [3.8, 4) is 0 Å². The molecule has 1 aromatic rings. The second-order valence-corrected chi connectivity index (χ2v) is 8.62. The summed E-state index contributed by atoms with van der Waals surface area (Å²) in [5.74, 6) is 1.64. The Morgan fingerprint density at radius 1 is 1.20 bits per heavy atom. The summed E-state index contributed by atoms with van der Waals surface area (Å²) in [6.45, 7) is 7.83. The first-order valence-corrected chi connectivity index (χ1v) is 11.0. The zero-order valence-electron chi connectivity index (χ0n) is 15.9. The number of benzene rings is 1. The third-order valence-electron chi connectivity index (χ3n) is 4.87. The first-order valence-electron chi connectivity index (χ1n) is 9.66. The highest BCUT2D eigenvalue weighted by Gasteiger charge is 2.26. The summed E-state index contributed by atoms with van der Waals surface area (Å²) < 4.78 is 12.1. The maximum Gasteiger partial charge on any atom is 0.191 e. The van der Waals surface area contributed by atoms with E-state index in [1.54, 1.807) is 0 Å². The van der Waals surface area contributed by atoms with Gasteiger partial charge in [-0.25, -0.2) is 4.99 Å². The van der Waals surface area contributed by atoms with E-state index < -0.39 is 10.8 Å². The molecule has 1 aromatic carbocycles. The Kier molecular flexibility index (Phi) is 8.45. The van der Waals surface area contributed by atoms with E-state index in [4.69, 9.17) is 4.99 Å². The summed E-state index contributed by atoms with van der Waals surface area (Å²) >= 11 is 0. The molecule has 0 amide bonds. The van der Waals surface area contributed by atoms with Gasteiger partial charge in [0, 0.05) is 34.4 Å². The highest BCUT2D eigenvalue weighted by Crippen LogP contribution is 2.23. The first-order chi connectivity index (χ1) is 12.2. The molecule has 3 unspecified atom stereocenters. The second-order valence-electron chi connectivity index (χ2n) is 6.62. The SMILES string of the molecule is CCNC(=NCc1ccccc1CC)NC1CCCC(S(=O)CC)C1. The molecule has 0 bridgehead atoms. The first kappa shape index (κ1) is 20.0. The number of hydrogen-bond acceptors (Lipinski definition) is 2. The smallest absolute Gasteiger partial charge is 0.191 e. The molecule has 25 heavy (non-hydrogen) atoms. The predicted molar refractivity (Wildman–Crippen MR) is 108 cm³/mol. The normalized spacial score (nSPS) is 22.4. The average Bonchev–Trinajstić information content (AvgIpc) is 2.66. The quantitative estimate of drug-likeness (QED) is 0.577. The minimum Gasteiger partial charge on any atom is -0.357 e. The lowest BCUT2D eigenvalue weighted by molar-refractivity contribution is 0.413. The van der Waals surface area contributed by atoms with Crippen molar-refractivity contribution in [2.24, 2.45) is 4.99 Å². The molecule has 4 nitrogen and oxygen atoms in total. The van der Waals surface area contributed by atoms with Crippen molar-refractivity contribution in [1.29, 1.82) is 0 Å². The lowest BCUT2D eigenvalue weighted by Crippen LogP contribution is -2.46. The molecule has 0 spiro atoms. The number of guanidine groups is 1. The summed E-state index contributed by atoms with van der Waals surface area (Å²) in [6.07, 6.45) is 5.38. The van der Waals surface area contributed by atoms with Crippen LogP contribution in [-0.4, -0.2) is 33.8 Å². The maximum absolute atomic E-state index is 12.1. The van der Waals surface area contributed by atoms with Crippen molar-refractivity contribution in [2.45, 2.75) is 70.7 Å². The molecule has 1 saturated carbocycles. The van der Waals surface area contributed by atoms with Crippen LogP contribution >= 0.6 is 0 Å². The third kappa shape index (κ3) is 6.14. The molecule has 1 aliphatic carbocycles. The van der Waals surface area contributed by atoms with E-state index in [1.807, 2.05) is 6.92 Å². The Balaban J connectivity index is 2.01. The van der Waals surface area contributed by atoms with Crippen molar-refractivity contribution >= 4 is 16.8 Å². The van der Waals surface area contributed by atoms with Gasteiger partial charge in [-0.05, 0) is 43.7 Å². The van der Waals surface area contributed by atoms with Gasteiger partial charge in [0.1, 0.15) is 0 Å². The van der Waals surface area contributed by atoms with Gasteiger partial charge < -0.3 is 10.6 Å². The standard InChI is InChI=1S/C20H33N3OS/c1-4-16-10-7-8-11-17(16)15-22-20(21-5-2)23-18-12-9-13-19(14-18)25(24)6-3/h7-8,10-11,18-19H,4-6,9,12-15H2,1-3H3,(H2,21,22,23). The predicted octanol–water partition coefficient (Wildman–Crippen LogP) is 3.38. The fraction of sp³-hybridized carbons (Fsp3) is 0.650. The van der Waals surface area contributed by atoms with E-state index in [-0.39, 0.29) is 0 Å². The molecular weight excluding hydrogens is 330 g/mol. The van der Waals surface area contributed by atoms with Gasteiger partial charge in [-0.3, -0.25) is 4.21 Å². The molecule has 2 rings (SSSR count). The molecule has 0 aromatic heterocycles. The van der Waals surface area contributed by atoms with E-state index >= 15 is 0 Å². The van der Waals surface area contributed by atoms with Crippen LogP contribution in [0, 0.1) is 0 Å². The highest BCUT2D eigenvalue weighted by atomic mass is 32.2. The number of hydrogen-bond donors (Lipinski definition) is 2. The van der Waals surface area contributed by atoms with Crippen molar-refractivity contribution in [3.63, 3.8) is 0 Å². The molecule has 0 aliphatic heterocycles. The number of aliphatic imine (C=N–C) groups is 1. The molecule has 0 saturated heterocycles. The minimum absolute atomic E-state index is 0.333. The van der Waals surface area contributed by atoms with Crippen molar-refractivity contribution < 1.29 is 4.21 Å². The summed E-state index contributed by atoms with van der Waals surface area (Å²) in [6, 6.07) is 8.87. The fourth-order valence-corrected chi connectivity index (χ4v) is 4.83. The molecule has 1 fully saturated rings. The molecule has 0 heterocycles. The summed E-state index contributed by atoms with van der Waals surface area (Å²) in [7, 11) is -0.691. The molecule has 3 atom stereocenters. The molecule has 140 valence electrons. The third-order valence-corrected chi connectivity index (χ3v) is 6.62. The summed E-state index contributed by atoms with van der Waals surface area (Å²) in [5.41, 5.74) is 2.65. The number of nitrogens with zero attached hydrogens (tertiary/aromatic N) is 1. The van der Waals surface area contributed by atoms with E-state index in [1.165, 1.54) is 11.1 Å². The van der Waals surface area contributed by atoms with Crippen LogP contribution < -0.4 is 10.6 Å². The van der Waals surface area contributed by atoms with Crippen LogP contribution in [0.5, 0.6) is 0 Å². The maximum atomic E-state index is 12.1. The number of rotatable bonds is 7. The lowest BCUT2D eigenvalue weighted by atomic mass is 9.95. The van der Waals surface area contributed by atoms with Gasteiger partial charge in [0.05, 0.1) is 6.54 Å². The zero-order valence-corrected chi connectivity index (χ0v) is 16.7. The largest absolute Gasteiger partial charge is 0.357 e. The second kappa shape index (κ2) is 10.6. The molecule has 0 radical (unpaired) electrons. The van der Waals surface area contributed by atoms with Crippen LogP contribution in [0.25, 0.3) is 0 Å². The monoisotopic (exact) mass is 363 g/mol. The van der Waals surface area contributed by atoms with E-state index in [0.717, 1.165) is 50.4 Å². The van der Waals surface area contributed by atoms with Crippen LogP contribution in [-0.2, 0) is 23.8 Å². The summed E-state index contributed by atoms with van der Waals surface area (Å²) in [4.78, 5) is 4.80. The van der Waals surface area contributed by atoms with E-state index in [0.29, 0.717) is 17.8 Å². The fourth-order valence-electron chi connectivity index (χ4n) is 3.48. The minimum atomic E-state index is -0.691. The average molecular weight is 364 g/mol. The van der Waals surface area contributed by atoms with Crippen molar-refractivity contribution in [2.75, 3.05) is 12.3 Å². The van der Waals surface area contributed by atoms with Gasteiger partial charge in [0.25, 0.3) is 0 Å². The summed E-state index contributed by atoms with van der Waals surface area (Å²) in [5, 5.41) is 7.27. The van der Waals surface area contributed by atoms with Gasteiger partial charge in [0.2, 0.25) is 0 Å².